The molecule has 1 heteroatoms. The van der Waals surface area contributed by atoms with Crippen LogP contribution >= 0.6 is 0 Å². The zero-order valence-corrected chi connectivity index (χ0v) is 23.1. The van der Waals surface area contributed by atoms with Crippen molar-refractivity contribution in [3.63, 3.8) is 0 Å². The van der Waals surface area contributed by atoms with Gasteiger partial charge in [0.2, 0.25) is 0 Å². The van der Waals surface area contributed by atoms with Crippen LogP contribution in [0.3, 0.4) is 0 Å². The molecule has 7 rings (SSSR count). The molecule has 0 unspecified atom stereocenters. The topological polar surface area (TPSA) is 20.2 Å². The minimum atomic E-state index is -0.511. The van der Waals surface area contributed by atoms with Crippen molar-refractivity contribution in [2.75, 3.05) is 0 Å². The lowest BCUT2D eigenvalue weighted by atomic mass is 9.37. The number of allylic oxidation sites excluding steroid dienone is 7. The Labute approximate surface area is 224 Å². The first-order valence-electron chi connectivity index (χ1n) is 15.4. The lowest BCUT2D eigenvalue weighted by molar-refractivity contribution is -0.101. The molecule has 37 heavy (non-hydrogen) atoms. The third-order valence-electron chi connectivity index (χ3n) is 12.8. The van der Waals surface area contributed by atoms with Crippen LogP contribution in [0, 0.1) is 46.3 Å². The van der Waals surface area contributed by atoms with Crippen LogP contribution in [-0.2, 0) is 6.42 Å². The zero-order chi connectivity index (χ0) is 25.4. The van der Waals surface area contributed by atoms with Crippen LogP contribution in [0.5, 0.6) is 0 Å². The van der Waals surface area contributed by atoms with E-state index in [0.29, 0.717) is 29.6 Å². The largest absolute Gasteiger partial charge is 0.389 e. The van der Waals surface area contributed by atoms with Gasteiger partial charge in [-0.3, -0.25) is 0 Å². The van der Waals surface area contributed by atoms with Gasteiger partial charge in [-0.25, -0.2) is 0 Å². The Balaban J connectivity index is 1.26. The summed E-state index contributed by atoms with van der Waals surface area (Å²) < 4.78 is 0. The van der Waals surface area contributed by atoms with E-state index >= 15 is 0 Å². The Morgan fingerprint density at radius 3 is 2.70 bits per heavy atom. The summed E-state index contributed by atoms with van der Waals surface area (Å²) in [5, 5.41) is 12.7. The molecule has 1 N–H and O–H groups in total. The van der Waals surface area contributed by atoms with Crippen LogP contribution in [0.15, 0.2) is 77.9 Å². The Kier molecular flexibility index (Phi) is 5.61. The Bertz CT molecular complexity index is 1170. The molecular weight excluding hydrogens is 448 g/mol. The summed E-state index contributed by atoms with van der Waals surface area (Å²) in [7, 11) is 0. The van der Waals surface area contributed by atoms with Crippen LogP contribution < -0.4 is 0 Å². The normalized spacial score (nSPS) is 45.6. The average Bonchev–Trinajstić information content (AvgIpc) is 3.45. The predicted molar refractivity (Wildman–Crippen MR) is 153 cm³/mol. The van der Waals surface area contributed by atoms with E-state index in [4.69, 9.17) is 0 Å². The molecule has 2 spiro atoms. The van der Waals surface area contributed by atoms with Gasteiger partial charge < -0.3 is 5.11 Å². The molecule has 1 nitrogen and oxygen atoms in total. The Hall–Kier alpha value is -1.86. The third-order valence-corrected chi connectivity index (χ3v) is 12.8. The van der Waals surface area contributed by atoms with E-state index < -0.39 is 5.60 Å². The molecule has 0 saturated heterocycles. The van der Waals surface area contributed by atoms with Gasteiger partial charge in [0.25, 0.3) is 0 Å². The van der Waals surface area contributed by atoms with Gasteiger partial charge in [-0.05, 0) is 119 Å². The summed E-state index contributed by atoms with van der Waals surface area (Å²) >= 11 is 0. The van der Waals surface area contributed by atoms with Crippen molar-refractivity contribution in [1.29, 1.82) is 0 Å². The first kappa shape index (κ1) is 24.2. The van der Waals surface area contributed by atoms with Gasteiger partial charge >= 0.3 is 0 Å². The highest BCUT2D eigenvalue weighted by Gasteiger charge is 2.72. The van der Waals surface area contributed by atoms with Crippen LogP contribution in [-0.4, -0.2) is 10.7 Å². The molecule has 6 aliphatic carbocycles. The van der Waals surface area contributed by atoms with Crippen molar-refractivity contribution in [2.45, 2.75) is 90.1 Å². The lowest BCUT2D eigenvalue weighted by Gasteiger charge is -2.67. The maximum Gasteiger partial charge on any atom is 0.0710 e. The van der Waals surface area contributed by atoms with Crippen molar-refractivity contribution in [2.24, 2.45) is 46.3 Å². The van der Waals surface area contributed by atoms with E-state index in [2.05, 4.69) is 75.1 Å². The van der Waals surface area contributed by atoms with E-state index in [-0.39, 0.29) is 10.8 Å². The highest BCUT2D eigenvalue weighted by atomic mass is 16.3. The average molecular weight is 495 g/mol. The van der Waals surface area contributed by atoms with Gasteiger partial charge in [-0.15, -0.1) is 0 Å². The molecule has 0 radical (unpaired) electrons. The molecule has 196 valence electrons. The molecular formula is C36H46O. The third kappa shape index (κ3) is 3.19. The number of rotatable bonds is 5. The highest BCUT2D eigenvalue weighted by molar-refractivity contribution is 5.48. The van der Waals surface area contributed by atoms with Crippen molar-refractivity contribution < 1.29 is 5.11 Å². The first-order chi connectivity index (χ1) is 17.9. The standard InChI is InChI=1S/C36H46O/c1-24(2)27-21-29-15-16-30-23-33(36(37)19-7-11-28(36)14-13-26-9-5-4-6-10-26)31-12-8-18-34(29)32(22-27)25(3)17-20-35(30,31)34/h4-6,8-10,12,17,20,27-31,33,37H,1,7,11,13-16,18-19,21-23H2,2-3H3/t27-,28-,29-,30-,31+,33-,34-,35-,36-/m1/s1. The summed E-state index contributed by atoms with van der Waals surface area (Å²) in [6, 6.07) is 10.9. The van der Waals surface area contributed by atoms with Gasteiger partial charge in [0.15, 0.2) is 0 Å². The smallest absolute Gasteiger partial charge is 0.0710 e. The second-order valence-electron chi connectivity index (χ2n) is 14.0. The van der Waals surface area contributed by atoms with Gasteiger partial charge in [0, 0.05) is 10.8 Å². The van der Waals surface area contributed by atoms with Crippen LogP contribution in [0.2, 0.25) is 0 Å². The van der Waals surface area contributed by atoms with E-state index in [1.807, 2.05) is 0 Å². The maximum absolute atomic E-state index is 12.7. The van der Waals surface area contributed by atoms with Crippen LogP contribution in [0.25, 0.3) is 0 Å². The van der Waals surface area contributed by atoms with Crippen LogP contribution in [0.1, 0.15) is 83.6 Å². The number of benzene rings is 1. The predicted octanol–water partition coefficient (Wildman–Crippen LogP) is 8.62. The van der Waals surface area contributed by atoms with E-state index in [1.54, 1.807) is 11.1 Å². The first-order valence-corrected chi connectivity index (χ1v) is 15.4. The maximum atomic E-state index is 12.7. The van der Waals surface area contributed by atoms with E-state index in [1.165, 1.54) is 62.5 Å². The summed E-state index contributed by atoms with van der Waals surface area (Å²) in [4.78, 5) is 0. The molecule has 1 aromatic carbocycles. The second kappa shape index (κ2) is 8.57. The summed E-state index contributed by atoms with van der Waals surface area (Å²) in [5.74, 6) is 3.42. The minimum Gasteiger partial charge on any atom is -0.389 e. The summed E-state index contributed by atoms with van der Waals surface area (Å²) in [5.41, 5.74) is 6.11. The van der Waals surface area contributed by atoms with Gasteiger partial charge in [-0.1, -0.05) is 84.4 Å². The molecule has 0 aliphatic heterocycles. The Morgan fingerprint density at radius 1 is 1.08 bits per heavy atom. The number of hydrogen-bond acceptors (Lipinski definition) is 1. The molecule has 6 aliphatic rings. The fourth-order valence-corrected chi connectivity index (χ4v) is 11.2. The number of aryl methyl sites for hydroxylation is 1. The van der Waals surface area contributed by atoms with E-state index in [9.17, 15) is 5.11 Å². The molecule has 0 amide bonds. The number of aliphatic hydroxyl groups is 1. The lowest BCUT2D eigenvalue weighted by Crippen LogP contribution is -2.60. The molecule has 4 fully saturated rings. The highest BCUT2D eigenvalue weighted by Crippen LogP contribution is 2.78. The molecule has 9 atom stereocenters. The fraction of sp³-hybridized carbons (Fsp3) is 0.611. The number of hydrogen-bond donors (Lipinski definition) is 1. The summed E-state index contributed by atoms with van der Waals surface area (Å²) in [6.07, 6.45) is 23.7. The Morgan fingerprint density at radius 2 is 1.89 bits per heavy atom. The minimum absolute atomic E-state index is 0.215. The quantitative estimate of drug-likeness (QED) is 0.406. The van der Waals surface area contributed by atoms with Crippen molar-refractivity contribution in [3.05, 3.63) is 83.5 Å². The molecule has 0 heterocycles. The molecule has 0 aromatic heterocycles. The molecule has 0 bridgehead atoms. The van der Waals surface area contributed by atoms with Crippen molar-refractivity contribution in [3.8, 4) is 0 Å². The van der Waals surface area contributed by atoms with Gasteiger partial charge in [-0.2, -0.15) is 0 Å². The summed E-state index contributed by atoms with van der Waals surface area (Å²) in [6.45, 7) is 9.07. The monoisotopic (exact) mass is 494 g/mol. The van der Waals surface area contributed by atoms with Crippen LogP contribution in [0.4, 0.5) is 0 Å². The zero-order valence-electron chi connectivity index (χ0n) is 23.1. The fourth-order valence-electron chi connectivity index (χ4n) is 11.2. The van der Waals surface area contributed by atoms with Gasteiger partial charge in [0.05, 0.1) is 5.60 Å². The van der Waals surface area contributed by atoms with Crippen molar-refractivity contribution >= 4 is 0 Å². The molecule has 4 saturated carbocycles. The molecule has 1 aromatic rings. The second-order valence-corrected chi connectivity index (χ2v) is 14.0. The van der Waals surface area contributed by atoms with Crippen molar-refractivity contribution in [1.82, 2.24) is 0 Å². The van der Waals surface area contributed by atoms with E-state index in [0.717, 1.165) is 25.2 Å². The van der Waals surface area contributed by atoms with Gasteiger partial charge in [0.1, 0.15) is 0 Å². The SMILES string of the molecule is C=C(C)[C@H]1CC2=C(C)C=C[C@]34[C@@H]5CC[C@H](C1)[C@]23CC=C[C@H]4[C@H]([C@@]1(O)CCC[C@@H]1CCc1ccccc1)C5.